The number of hydrogen-bond donors (Lipinski definition) is 4. The zero-order valence-corrected chi connectivity index (χ0v) is 29.0. The van der Waals surface area contributed by atoms with Gasteiger partial charge in [0.05, 0.1) is 36.9 Å². The molecule has 2 aromatic heterocycles. The summed E-state index contributed by atoms with van der Waals surface area (Å²) in [6.07, 6.45) is 7.62. The molecule has 1 saturated heterocycles. The van der Waals surface area contributed by atoms with Gasteiger partial charge in [-0.1, -0.05) is 68.8 Å². The molecule has 4 atom stereocenters. The van der Waals surface area contributed by atoms with Crippen LogP contribution in [0.15, 0.2) is 60.9 Å². The van der Waals surface area contributed by atoms with Crippen molar-refractivity contribution in [3.63, 3.8) is 0 Å². The van der Waals surface area contributed by atoms with Gasteiger partial charge in [-0.3, -0.25) is 9.59 Å². The molecule has 2 fully saturated rings. The molecular weight excluding hydrogens is 618 g/mol. The Kier molecular flexibility index (Phi) is 10.2. The summed E-state index contributed by atoms with van der Waals surface area (Å²) in [6, 6.07) is 16.0. The molecule has 11 nitrogen and oxygen atoms in total. The fourth-order valence-electron chi connectivity index (χ4n) is 7.19. The Bertz CT molecular complexity index is 1760. The SMILES string of the molecule is COC(=O)NC(C(=O)N1CCC[C@H]1c1ncc(-c2ccc(-c3ccc(-c4cnc([C@H]5CCC[C@H]5C(=O)NC(C)C)[nH]4)cc3)cc2)[nH]1)C(C)C. The van der Waals surface area contributed by atoms with E-state index < -0.39 is 12.1 Å². The third kappa shape index (κ3) is 7.40. The molecule has 1 saturated carbocycles. The van der Waals surface area contributed by atoms with E-state index in [4.69, 9.17) is 9.72 Å². The van der Waals surface area contributed by atoms with Gasteiger partial charge in [0.1, 0.15) is 17.7 Å². The number of aromatic amines is 2. The number of hydrogen-bond acceptors (Lipinski definition) is 6. The molecular formula is C38H47N7O4. The number of carbonyl (C=O) groups excluding carboxylic acids is 3. The molecule has 4 N–H and O–H groups in total. The molecule has 258 valence electrons. The van der Waals surface area contributed by atoms with E-state index in [0.29, 0.717) is 6.54 Å². The largest absolute Gasteiger partial charge is 0.453 e. The highest BCUT2D eigenvalue weighted by Gasteiger charge is 2.38. The molecule has 3 amide bonds. The van der Waals surface area contributed by atoms with Crippen LogP contribution in [-0.2, 0) is 14.3 Å². The maximum absolute atomic E-state index is 13.5. The lowest BCUT2D eigenvalue weighted by molar-refractivity contribution is -0.135. The molecule has 2 aliphatic rings. The molecule has 4 aromatic rings. The first-order chi connectivity index (χ1) is 23.6. The number of imidazole rings is 2. The predicted molar refractivity (Wildman–Crippen MR) is 188 cm³/mol. The number of H-pyrrole nitrogens is 2. The Labute approximate surface area is 287 Å². The van der Waals surface area contributed by atoms with Crippen LogP contribution in [-0.4, -0.2) is 68.5 Å². The van der Waals surface area contributed by atoms with Crippen LogP contribution in [0.5, 0.6) is 0 Å². The number of likely N-dealkylation sites (tertiary alicyclic amines) is 1. The minimum Gasteiger partial charge on any atom is -0.453 e. The van der Waals surface area contributed by atoms with Gasteiger partial charge in [-0.2, -0.15) is 0 Å². The Morgan fingerprint density at radius 3 is 1.92 bits per heavy atom. The summed E-state index contributed by atoms with van der Waals surface area (Å²) in [5.74, 6) is 1.61. The number of rotatable bonds is 10. The number of aromatic nitrogens is 4. The molecule has 1 aliphatic heterocycles. The van der Waals surface area contributed by atoms with Crippen molar-refractivity contribution in [3.8, 4) is 33.6 Å². The van der Waals surface area contributed by atoms with E-state index in [1.165, 1.54) is 7.11 Å². The van der Waals surface area contributed by atoms with Gasteiger partial charge < -0.3 is 30.2 Å². The summed E-state index contributed by atoms with van der Waals surface area (Å²) < 4.78 is 4.75. The number of amides is 3. The average molecular weight is 666 g/mol. The van der Waals surface area contributed by atoms with Crippen molar-refractivity contribution in [3.05, 3.63) is 72.6 Å². The Balaban J connectivity index is 1.11. The Morgan fingerprint density at radius 2 is 1.35 bits per heavy atom. The second-order valence-electron chi connectivity index (χ2n) is 13.9. The summed E-state index contributed by atoms with van der Waals surface area (Å²) in [7, 11) is 1.30. The molecule has 0 spiro atoms. The lowest BCUT2D eigenvalue weighted by atomic mass is 9.94. The highest BCUT2D eigenvalue weighted by Crippen LogP contribution is 2.39. The summed E-state index contributed by atoms with van der Waals surface area (Å²) in [5.41, 5.74) is 6.07. The third-order valence-electron chi connectivity index (χ3n) is 9.79. The predicted octanol–water partition coefficient (Wildman–Crippen LogP) is 6.59. The van der Waals surface area contributed by atoms with Crippen LogP contribution >= 0.6 is 0 Å². The molecule has 3 heterocycles. The third-order valence-corrected chi connectivity index (χ3v) is 9.79. The normalized spacial score (nSPS) is 19.7. The lowest BCUT2D eigenvalue weighted by Crippen LogP contribution is -2.51. The first-order valence-electron chi connectivity index (χ1n) is 17.4. The lowest BCUT2D eigenvalue weighted by Gasteiger charge is -2.30. The van der Waals surface area contributed by atoms with Crippen LogP contribution < -0.4 is 10.6 Å². The van der Waals surface area contributed by atoms with Gasteiger partial charge in [0.2, 0.25) is 11.8 Å². The molecule has 1 unspecified atom stereocenters. The second-order valence-corrected chi connectivity index (χ2v) is 13.9. The maximum Gasteiger partial charge on any atom is 0.407 e. The molecule has 6 rings (SSSR count). The number of nitrogens with one attached hydrogen (secondary N) is 4. The molecule has 0 radical (unpaired) electrons. The van der Waals surface area contributed by atoms with Gasteiger partial charge in [-0.05, 0) is 67.7 Å². The van der Waals surface area contributed by atoms with E-state index >= 15 is 0 Å². The van der Waals surface area contributed by atoms with E-state index in [1.54, 1.807) is 0 Å². The van der Waals surface area contributed by atoms with Crippen LogP contribution in [0.4, 0.5) is 4.79 Å². The van der Waals surface area contributed by atoms with E-state index in [0.717, 1.165) is 77.4 Å². The van der Waals surface area contributed by atoms with Crippen molar-refractivity contribution >= 4 is 17.9 Å². The zero-order chi connectivity index (χ0) is 34.7. The first-order valence-corrected chi connectivity index (χ1v) is 17.4. The molecule has 0 bridgehead atoms. The molecule has 1 aliphatic carbocycles. The standard InChI is InChI=1S/C38H47N7O4/c1-22(2)33(44-38(48)49-5)37(47)45-19-7-10-32(45)35-40-21-31(43-35)27-17-13-25(14-18-27)24-11-15-26(16-12-24)30-20-39-34(42-30)28-8-6-9-29(28)36(46)41-23(3)4/h11-18,20-23,28-29,32-33H,6-10,19H2,1-5H3,(H,39,42)(H,40,43)(H,41,46)(H,44,48)/t28-,29+,32-,33?/m0/s1. The minimum absolute atomic E-state index is 0.0407. The van der Waals surface area contributed by atoms with Crippen molar-refractivity contribution < 1.29 is 19.1 Å². The topological polar surface area (TPSA) is 145 Å². The van der Waals surface area contributed by atoms with Crippen molar-refractivity contribution in [1.29, 1.82) is 0 Å². The van der Waals surface area contributed by atoms with Crippen molar-refractivity contribution in [2.45, 2.75) is 83.8 Å². The van der Waals surface area contributed by atoms with Crippen molar-refractivity contribution in [1.82, 2.24) is 35.5 Å². The summed E-state index contributed by atoms with van der Waals surface area (Å²) >= 11 is 0. The number of nitrogens with zero attached hydrogens (tertiary/aromatic N) is 3. The van der Waals surface area contributed by atoms with Gasteiger partial charge in [-0.25, -0.2) is 14.8 Å². The van der Waals surface area contributed by atoms with Crippen LogP contribution in [0.1, 0.15) is 83.4 Å². The number of alkyl carbamates (subject to hydrolysis) is 1. The van der Waals surface area contributed by atoms with Gasteiger partial charge >= 0.3 is 6.09 Å². The summed E-state index contributed by atoms with van der Waals surface area (Å²) in [6.45, 7) is 8.41. The Hall–Kier alpha value is -4.93. The highest BCUT2D eigenvalue weighted by atomic mass is 16.5. The number of benzene rings is 2. The van der Waals surface area contributed by atoms with Gasteiger partial charge in [0.15, 0.2) is 0 Å². The van der Waals surface area contributed by atoms with E-state index in [1.807, 2.05) is 45.0 Å². The van der Waals surface area contributed by atoms with Crippen LogP contribution in [0, 0.1) is 11.8 Å². The average Bonchev–Trinajstić information content (AvgIpc) is 3.93. The summed E-state index contributed by atoms with van der Waals surface area (Å²) in [5, 5.41) is 5.77. The monoisotopic (exact) mass is 665 g/mol. The number of methoxy groups -OCH3 is 1. The molecule has 11 heteroatoms. The zero-order valence-electron chi connectivity index (χ0n) is 29.0. The van der Waals surface area contributed by atoms with Gasteiger partial charge in [0.25, 0.3) is 0 Å². The maximum atomic E-state index is 13.5. The minimum atomic E-state index is -0.671. The van der Waals surface area contributed by atoms with Crippen LogP contribution in [0.3, 0.4) is 0 Å². The quantitative estimate of drug-likeness (QED) is 0.151. The number of carbonyl (C=O) groups is 3. The van der Waals surface area contributed by atoms with E-state index in [9.17, 15) is 14.4 Å². The fraction of sp³-hybridized carbons (Fsp3) is 0.447. The van der Waals surface area contributed by atoms with Crippen molar-refractivity contribution in [2.75, 3.05) is 13.7 Å². The van der Waals surface area contributed by atoms with E-state index in [2.05, 4.69) is 74.1 Å². The smallest absolute Gasteiger partial charge is 0.407 e. The van der Waals surface area contributed by atoms with Crippen LogP contribution in [0.2, 0.25) is 0 Å². The van der Waals surface area contributed by atoms with Gasteiger partial charge in [-0.15, -0.1) is 0 Å². The second kappa shape index (κ2) is 14.7. The Morgan fingerprint density at radius 1 is 0.776 bits per heavy atom. The fourth-order valence-corrected chi connectivity index (χ4v) is 7.19. The van der Waals surface area contributed by atoms with Crippen molar-refractivity contribution in [2.24, 2.45) is 11.8 Å². The highest BCUT2D eigenvalue weighted by molar-refractivity contribution is 5.86. The number of ether oxygens (including phenoxy) is 1. The van der Waals surface area contributed by atoms with E-state index in [-0.39, 0.29) is 41.7 Å². The summed E-state index contributed by atoms with van der Waals surface area (Å²) in [4.78, 5) is 56.3. The van der Waals surface area contributed by atoms with Crippen LogP contribution in [0.25, 0.3) is 33.6 Å². The molecule has 2 aromatic carbocycles. The first kappa shape index (κ1) is 34.0. The van der Waals surface area contributed by atoms with Gasteiger partial charge in [0, 0.05) is 24.4 Å². The molecule has 49 heavy (non-hydrogen) atoms.